The summed E-state index contributed by atoms with van der Waals surface area (Å²) >= 11 is 0. The van der Waals surface area contributed by atoms with Crippen LogP contribution in [0.4, 0.5) is 0 Å². The lowest BCUT2D eigenvalue weighted by Gasteiger charge is -2.38. The molecule has 2 heteroatoms. The van der Waals surface area contributed by atoms with E-state index in [0.717, 1.165) is 19.5 Å². The van der Waals surface area contributed by atoms with Crippen LogP contribution in [-0.2, 0) is 13.0 Å². The van der Waals surface area contributed by atoms with Crippen LogP contribution in [0, 0.1) is 0 Å². The van der Waals surface area contributed by atoms with Gasteiger partial charge in [-0.15, -0.1) is 0 Å². The van der Waals surface area contributed by atoms with Crippen LogP contribution in [0.5, 0.6) is 0 Å². The van der Waals surface area contributed by atoms with Gasteiger partial charge < -0.3 is 5.73 Å². The molecule has 2 aromatic rings. The van der Waals surface area contributed by atoms with Gasteiger partial charge in [-0.2, -0.15) is 0 Å². The van der Waals surface area contributed by atoms with Crippen molar-refractivity contribution in [1.29, 1.82) is 0 Å². The molecule has 0 bridgehead atoms. The van der Waals surface area contributed by atoms with Gasteiger partial charge in [0.05, 0.1) is 0 Å². The van der Waals surface area contributed by atoms with Crippen molar-refractivity contribution in [3.63, 3.8) is 0 Å². The van der Waals surface area contributed by atoms with E-state index in [4.69, 9.17) is 5.73 Å². The molecule has 3 rings (SSSR count). The smallest absolute Gasteiger partial charge is 0.0288 e. The summed E-state index contributed by atoms with van der Waals surface area (Å²) in [7, 11) is 0. The Balaban J connectivity index is 1.79. The van der Waals surface area contributed by atoms with Gasteiger partial charge in [0.2, 0.25) is 0 Å². The molecular weight excluding hydrogens is 256 g/mol. The number of benzene rings is 2. The summed E-state index contributed by atoms with van der Waals surface area (Å²) in [5, 5.41) is 0. The minimum absolute atomic E-state index is 0.403. The molecule has 2 nitrogen and oxygen atoms in total. The molecule has 2 unspecified atom stereocenters. The molecule has 2 N–H and O–H groups in total. The lowest BCUT2D eigenvalue weighted by Crippen LogP contribution is -2.46. The van der Waals surface area contributed by atoms with Crippen molar-refractivity contribution < 1.29 is 0 Å². The van der Waals surface area contributed by atoms with E-state index in [1.807, 2.05) is 0 Å². The fourth-order valence-electron chi connectivity index (χ4n) is 3.45. The monoisotopic (exact) mass is 280 g/mol. The van der Waals surface area contributed by atoms with Crippen LogP contribution in [0.25, 0.3) is 0 Å². The summed E-state index contributed by atoms with van der Waals surface area (Å²) in [6, 6.07) is 19.9. The number of rotatable bonds is 4. The molecule has 1 aliphatic rings. The van der Waals surface area contributed by atoms with E-state index in [0.29, 0.717) is 18.5 Å². The molecule has 21 heavy (non-hydrogen) atoms. The molecule has 1 heterocycles. The van der Waals surface area contributed by atoms with Crippen LogP contribution >= 0.6 is 0 Å². The highest BCUT2D eigenvalue weighted by molar-refractivity contribution is 5.30. The number of hydrogen-bond acceptors (Lipinski definition) is 2. The molecule has 0 saturated carbocycles. The molecule has 0 spiro atoms. The normalized spacial score (nSPS) is 18.0. The highest BCUT2D eigenvalue weighted by atomic mass is 15.2. The van der Waals surface area contributed by atoms with Crippen molar-refractivity contribution in [2.75, 3.05) is 13.1 Å². The van der Waals surface area contributed by atoms with Gasteiger partial charge in [-0.05, 0) is 29.0 Å². The van der Waals surface area contributed by atoms with Crippen LogP contribution in [0.1, 0.15) is 29.5 Å². The molecule has 110 valence electrons. The zero-order chi connectivity index (χ0) is 14.7. The minimum atomic E-state index is 0.403. The first-order valence-electron chi connectivity index (χ1n) is 7.85. The standard InChI is InChI=1S/C19H24N2/c1-15(16-7-3-2-4-8-16)19(13-20)21-12-11-17-9-5-6-10-18(17)14-21/h2-10,15,19H,11-14,20H2,1H3. The summed E-state index contributed by atoms with van der Waals surface area (Å²) in [5.41, 5.74) is 10.5. The Morgan fingerprint density at radius 2 is 1.67 bits per heavy atom. The maximum Gasteiger partial charge on any atom is 0.0288 e. The molecule has 0 aromatic heterocycles. The summed E-state index contributed by atoms with van der Waals surface area (Å²) < 4.78 is 0. The third-order valence-electron chi connectivity index (χ3n) is 4.77. The Bertz CT molecular complexity index is 579. The molecule has 0 aliphatic carbocycles. The lowest BCUT2D eigenvalue weighted by atomic mass is 9.90. The van der Waals surface area contributed by atoms with Crippen LogP contribution in [0.15, 0.2) is 54.6 Å². The van der Waals surface area contributed by atoms with Gasteiger partial charge in [0.1, 0.15) is 0 Å². The summed E-state index contributed by atoms with van der Waals surface area (Å²) in [4.78, 5) is 2.56. The second-order valence-electron chi connectivity index (χ2n) is 5.99. The Morgan fingerprint density at radius 3 is 2.38 bits per heavy atom. The van der Waals surface area contributed by atoms with Gasteiger partial charge in [-0.3, -0.25) is 4.90 Å². The zero-order valence-electron chi connectivity index (χ0n) is 12.7. The van der Waals surface area contributed by atoms with Gasteiger partial charge >= 0.3 is 0 Å². The Hall–Kier alpha value is -1.64. The van der Waals surface area contributed by atoms with Gasteiger partial charge in [0.25, 0.3) is 0 Å². The predicted octanol–water partition coefficient (Wildman–Crippen LogP) is 3.18. The number of hydrogen-bond donors (Lipinski definition) is 1. The third-order valence-corrected chi connectivity index (χ3v) is 4.77. The highest BCUT2D eigenvalue weighted by Crippen LogP contribution is 2.27. The number of nitrogens with two attached hydrogens (primary N) is 1. The first-order valence-corrected chi connectivity index (χ1v) is 7.85. The highest BCUT2D eigenvalue weighted by Gasteiger charge is 2.27. The molecule has 2 atom stereocenters. The Kier molecular flexibility index (Phi) is 4.37. The maximum absolute atomic E-state index is 6.12. The van der Waals surface area contributed by atoms with Gasteiger partial charge in [-0.1, -0.05) is 61.5 Å². The van der Waals surface area contributed by atoms with Gasteiger partial charge in [-0.25, -0.2) is 0 Å². The third kappa shape index (κ3) is 3.02. The largest absolute Gasteiger partial charge is 0.329 e. The summed E-state index contributed by atoms with van der Waals surface area (Å²) in [5.74, 6) is 0.460. The van der Waals surface area contributed by atoms with Crippen molar-refractivity contribution in [1.82, 2.24) is 4.90 Å². The van der Waals surface area contributed by atoms with Gasteiger partial charge in [0.15, 0.2) is 0 Å². The molecule has 0 fully saturated rings. The van der Waals surface area contributed by atoms with Gasteiger partial charge in [0, 0.05) is 25.7 Å². The van der Waals surface area contributed by atoms with Crippen molar-refractivity contribution in [2.24, 2.45) is 5.73 Å². The van der Waals surface area contributed by atoms with E-state index in [2.05, 4.69) is 66.4 Å². The SMILES string of the molecule is CC(c1ccccc1)C(CN)N1CCc2ccccc2C1. The van der Waals surface area contributed by atoms with Crippen molar-refractivity contribution in [3.8, 4) is 0 Å². The second-order valence-corrected chi connectivity index (χ2v) is 5.99. The average molecular weight is 280 g/mol. The molecule has 0 amide bonds. The van der Waals surface area contributed by atoms with E-state index in [1.165, 1.54) is 16.7 Å². The average Bonchev–Trinajstić information content (AvgIpc) is 2.56. The Labute approximate surface area is 127 Å². The first-order chi connectivity index (χ1) is 10.3. The van der Waals surface area contributed by atoms with Crippen molar-refractivity contribution in [2.45, 2.75) is 31.8 Å². The zero-order valence-corrected chi connectivity index (χ0v) is 12.7. The van der Waals surface area contributed by atoms with Crippen LogP contribution in [0.2, 0.25) is 0 Å². The quantitative estimate of drug-likeness (QED) is 0.932. The topological polar surface area (TPSA) is 29.3 Å². The van der Waals surface area contributed by atoms with Crippen molar-refractivity contribution in [3.05, 3.63) is 71.3 Å². The summed E-state index contributed by atoms with van der Waals surface area (Å²) in [6.45, 7) is 5.14. The maximum atomic E-state index is 6.12. The molecule has 2 aromatic carbocycles. The van der Waals surface area contributed by atoms with E-state index < -0.39 is 0 Å². The fraction of sp³-hybridized carbons (Fsp3) is 0.368. The van der Waals surface area contributed by atoms with Crippen LogP contribution in [-0.4, -0.2) is 24.0 Å². The fourth-order valence-corrected chi connectivity index (χ4v) is 3.45. The molecule has 0 saturated heterocycles. The second kappa shape index (κ2) is 6.42. The van der Waals surface area contributed by atoms with E-state index in [9.17, 15) is 0 Å². The number of nitrogens with zero attached hydrogens (tertiary/aromatic N) is 1. The van der Waals surface area contributed by atoms with E-state index in [1.54, 1.807) is 0 Å². The minimum Gasteiger partial charge on any atom is -0.329 e. The number of fused-ring (bicyclic) bond motifs is 1. The molecular formula is C19H24N2. The predicted molar refractivity (Wildman–Crippen MR) is 88.3 cm³/mol. The lowest BCUT2D eigenvalue weighted by molar-refractivity contribution is 0.162. The van der Waals surface area contributed by atoms with Crippen LogP contribution in [0.3, 0.4) is 0 Å². The van der Waals surface area contributed by atoms with E-state index in [-0.39, 0.29) is 0 Å². The molecule has 1 aliphatic heterocycles. The molecule has 0 radical (unpaired) electrons. The van der Waals surface area contributed by atoms with Crippen LogP contribution < -0.4 is 5.73 Å². The first kappa shape index (κ1) is 14.3. The van der Waals surface area contributed by atoms with Crippen molar-refractivity contribution >= 4 is 0 Å². The van der Waals surface area contributed by atoms with E-state index >= 15 is 0 Å². The summed E-state index contributed by atoms with van der Waals surface area (Å²) in [6.07, 6.45) is 1.13. The Morgan fingerprint density at radius 1 is 1.00 bits per heavy atom.